The minimum atomic E-state index is -0.512. The first-order valence-corrected chi connectivity index (χ1v) is 4.68. The lowest BCUT2D eigenvalue weighted by Gasteiger charge is -2.05. The molecular formula is C10H13N3O2. The van der Waals surface area contributed by atoms with E-state index in [2.05, 4.69) is 0 Å². The number of nitrogen functional groups attached to an aromatic ring is 1. The van der Waals surface area contributed by atoms with Crippen LogP contribution in [0, 0.1) is 11.3 Å². The summed E-state index contributed by atoms with van der Waals surface area (Å²) in [6.45, 7) is 2.46. The second kappa shape index (κ2) is 5.05. The number of aromatic nitrogens is 1. The summed E-state index contributed by atoms with van der Waals surface area (Å²) in [4.78, 5) is 11.5. The van der Waals surface area contributed by atoms with E-state index >= 15 is 0 Å². The van der Waals surface area contributed by atoms with Crippen molar-refractivity contribution in [3.8, 4) is 6.07 Å². The molecule has 5 heteroatoms. The highest BCUT2D eigenvalue weighted by Crippen LogP contribution is 2.12. The molecule has 15 heavy (non-hydrogen) atoms. The van der Waals surface area contributed by atoms with Gasteiger partial charge in [-0.2, -0.15) is 5.26 Å². The van der Waals surface area contributed by atoms with Crippen molar-refractivity contribution < 1.29 is 9.53 Å². The zero-order valence-corrected chi connectivity index (χ0v) is 8.56. The Bertz CT molecular complexity index is 390. The molecule has 1 aromatic rings. The van der Waals surface area contributed by atoms with E-state index < -0.39 is 5.97 Å². The monoisotopic (exact) mass is 207 g/mol. The number of carbonyl (C=O) groups excluding carboxylic acids is 1. The fraction of sp³-hybridized carbons (Fsp3) is 0.400. The molecule has 0 saturated heterocycles. The van der Waals surface area contributed by atoms with Crippen LogP contribution in [0.25, 0.3) is 0 Å². The average Bonchev–Trinajstić information content (AvgIpc) is 2.57. The highest BCUT2D eigenvalue weighted by Gasteiger charge is 2.13. The largest absolute Gasteiger partial charge is 0.446 e. The number of esters is 1. The van der Waals surface area contributed by atoms with Crippen LogP contribution >= 0.6 is 0 Å². The molecule has 2 N–H and O–H groups in total. The Hall–Kier alpha value is -1.96. The smallest absolute Gasteiger partial charge is 0.356 e. The van der Waals surface area contributed by atoms with Crippen molar-refractivity contribution in [3.63, 3.8) is 0 Å². The Morgan fingerprint density at radius 2 is 2.47 bits per heavy atom. The molecule has 80 valence electrons. The Morgan fingerprint density at radius 3 is 3.07 bits per heavy atom. The number of ether oxygens (including phenoxy) is 1. The van der Waals surface area contributed by atoms with Crippen LogP contribution < -0.4 is 5.73 Å². The molecule has 0 aliphatic rings. The van der Waals surface area contributed by atoms with Gasteiger partial charge < -0.3 is 15.0 Å². The Kier molecular flexibility index (Phi) is 3.75. The number of nitrogens with two attached hydrogens (primary N) is 1. The molecule has 5 nitrogen and oxygen atoms in total. The molecule has 0 aliphatic carbocycles. The molecule has 0 atom stereocenters. The van der Waals surface area contributed by atoms with E-state index in [-0.39, 0.29) is 6.61 Å². The van der Waals surface area contributed by atoms with Crippen molar-refractivity contribution in [2.45, 2.75) is 19.9 Å². The van der Waals surface area contributed by atoms with Gasteiger partial charge in [-0.15, -0.1) is 0 Å². The van der Waals surface area contributed by atoms with Crippen LogP contribution in [-0.4, -0.2) is 17.1 Å². The van der Waals surface area contributed by atoms with Gasteiger partial charge in [-0.3, -0.25) is 0 Å². The third-order valence-corrected chi connectivity index (χ3v) is 1.86. The summed E-state index contributed by atoms with van der Waals surface area (Å²) in [5, 5.41) is 8.28. The number of nitrogens with zero attached hydrogens (tertiary/aromatic N) is 2. The highest BCUT2D eigenvalue weighted by atomic mass is 16.5. The van der Waals surface area contributed by atoms with E-state index in [4.69, 9.17) is 15.7 Å². The molecule has 0 saturated carbocycles. The summed E-state index contributed by atoms with van der Waals surface area (Å²) in [6.07, 6.45) is 2.58. The van der Waals surface area contributed by atoms with Gasteiger partial charge >= 0.3 is 5.97 Å². The predicted molar refractivity (Wildman–Crippen MR) is 55.0 cm³/mol. The Morgan fingerprint density at radius 1 is 1.73 bits per heavy atom. The van der Waals surface area contributed by atoms with Gasteiger partial charge in [-0.25, -0.2) is 4.79 Å². The lowest BCUT2D eigenvalue weighted by Crippen LogP contribution is -2.11. The Labute approximate surface area is 88.0 Å². The number of anilines is 1. The molecule has 0 unspecified atom stereocenters. The van der Waals surface area contributed by atoms with E-state index in [9.17, 15) is 4.79 Å². The minimum Gasteiger partial charge on any atom is -0.446 e. The first-order chi connectivity index (χ1) is 7.19. The maximum absolute atomic E-state index is 11.5. The molecule has 1 heterocycles. The van der Waals surface area contributed by atoms with Gasteiger partial charge in [0, 0.05) is 12.7 Å². The van der Waals surface area contributed by atoms with Crippen molar-refractivity contribution in [2.75, 3.05) is 12.3 Å². The van der Waals surface area contributed by atoms with E-state index in [1.807, 2.05) is 6.92 Å². The zero-order chi connectivity index (χ0) is 11.3. The summed E-state index contributed by atoms with van der Waals surface area (Å²) >= 11 is 0. The normalized spacial score (nSPS) is 9.60. The first-order valence-electron chi connectivity index (χ1n) is 4.68. The summed E-state index contributed by atoms with van der Waals surface area (Å²) < 4.78 is 6.43. The maximum atomic E-state index is 11.5. The molecule has 0 amide bonds. The summed E-state index contributed by atoms with van der Waals surface area (Å²) in [5.41, 5.74) is 6.50. The van der Waals surface area contributed by atoms with Gasteiger partial charge in [0.2, 0.25) is 0 Å². The average molecular weight is 207 g/mol. The number of hydrogen-bond donors (Lipinski definition) is 1. The fourth-order valence-corrected chi connectivity index (χ4v) is 1.30. The second-order valence-corrected chi connectivity index (χ2v) is 3.09. The molecule has 0 aliphatic heterocycles. The topological polar surface area (TPSA) is 81.0 Å². The molecule has 0 fully saturated rings. The van der Waals surface area contributed by atoms with Crippen LogP contribution in [0.1, 0.15) is 23.8 Å². The Balaban J connectivity index is 2.82. The summed E-state index contributed by atoms with van der Waals surface area (Å²) in [7, 11) is 0. The van der Waals surface area contributed by atoms with Crippen LogP contribution in [0.2, 0.25) is 0 Å². The number of carbonyl (C=O) groups is 1. The fourth-order valence-electron chi connectivity index (χ4n) is 1.30. The molecule has 0 radical (unpaired) electrons. The second-order valence-electron chi connectivity index (χ2n) is 3.09. The van der Waals surface area contributed by atoms with Gasteiger partial charge in [0.1, 0.15) is 11.8 Å². The molecule has 1 rings (SSSR count). The lowest BCUT2D eigenvalue weighted by molar-refractivity contribution is 0.0542. The van der Waals surface area contributed by atoms with Crippen LogP contribution in [0.15, 0.2) is 12.3 Å². The molecule has 0 spiro atoms. The van der Waals surface area contributed by atoms with Crippen LogP contribution in [-0.2, 0) is 11.3 Å². The van der Waals surface area contributed by atoms with Crippen molar-refractivity contribution in [1.29, 1.82) is 5.26 Å². The molecule has 1 aromatic heterocycles. The van der Waals surface area contributed by atoms with Crippen LogP contribution in [0.3, 0.4) is 0 Å². The summed E-state index contributed by atoms with van der Waals surface area (Å²) in [6, 6.07) is 3.29. The SMILES string of the molecule is CCCn1cc(N)cc1C(=O)OCC#N. The van der Waals surface area contributed by atoms with Gasteiger partial charge in [-0.1, -0.05) is 6.92 Å². The van der Waals surface area contributed by atoms with E-state index in [1.54, 1.807) is 22.9 Å². The van der Waals surface area contributed by atoms with Gasteiger partial charge in [0.15, 0.2) is 6.61 Å². The summed E-state index contributed by atoms with van der Waals surface area (Å²) in [5.74, 6) is -0.512. The maximum Gasteiger partial charge on any atom is 0.356 e. The zero-order valence-electron chi connectivity index (χ0n) is 8.56. The quantitative estimate of drug-likeness (QED) is 0.751. The number of hydrogen-bond acceptors (Lipinski definition) is 4. The third kappa shape index (κ3) is 2.74. The lowest BCUT2D eigenvalue weighted by atomic mass is 10.4. The molecular weight excluding hydrogens is 194 g/mol. The van der Waals surface area contributed by atoms with Gasteiger partial charge in [0.05, 0.1) is 5.69 Å². The predicted octanol–water partition coefficient (Wildman–Crippen LogP) is 1.16. The number of aryl methyl sites for hydroxylation is 1. The van der Waals surface area contributed by atoms with Crippen LogP contribution in [0.4, 0.5) is 5.69 Å². The van der Waals surface area contributed by atoms with Crippen molar-refractivity contribution in [2.24, 2.45) is 0 Å². The molecule has 0 aromatic carbocycles. The van der Waals surface area contributed by atoms with E-state index in [1.165, 1.54) is 0 Å². The van der Waals surface area contributed by atoms with Crippen molar-refractivity contribution in [1.82, 2.24) is 4.57 Å². The third-order valence-electron chi connectivity index (χ3n) is 1.86. The van der Waals surface area contributed by atoms with Crippen LogP contribution in [0.5, 0.6) is 0 Å². The highest BCUT2D eigenvalue weighted by molar-refractivity contribution is 5.89. The van der Waals surface area contributed by atoms with Crippen molar-refractivity contribution >= 4 is 11.7 Å². The molecule has 0 bridgehead atoms. The van der Waals surface area contributed by atoms with Crippen molar-refractivity contribution in [3.05, 3.63) is 18.0 Å². The number of rotatable bonds is 4. The minimum absolute atomic E-state index is 0.240. The van der Waals surface area contributed by atoms with E-state index in [0.717, 1.165) is 6.42 Å². The van der Waals surface area contributed by atoms with Gasteiger partial charge in [-0.05, 0) is 12.5 Å². The van der Waals surface area contributed by atoms with E-state index in [0.29, 0.717) is 17.9 Å². The standard InChI is InChI=1S/C10H13N3O2/c1-2-4-13-7-8(12)6-9(13)10(14)15-5-3-11/h6-7H,2,4-5,12H2,1H3. The van der Waals surface area contributed by atoms with Gasteiger partial charge in [0.25, 0.3) is 0 Å². The first kappa shape index (κ1) is 11.1. The number of nitriles is 1.